The van der Waals surface area contributed by atoms with Crippen molar-refractivity contribution in [1.29, 1.82) is 0 Å². The van der Waals surface area contributed by atoms with Crippen molar-refractivity contribution in [3.05, 3.63) is 58.1 Å². The second kappa shape index (κ2) is 11.0. The second-order valence-electron chi connectivity index (χ2n) is 5.89. The number of amidine groups is 1. The molecule has 144 valence electrons. The summed E-state index contributed by atoms with van der Waals surface area (Å²) < 4.78 is 12.3. The SMILES string of the molecule is CCOc1cc(C=NN=C(N)SCc2ccccc2)cc(Br)c1OC(C)C. The van der Waals surface area contributed by atoms with E-state index >= 15 is 0 Å². The number of ether oxygens (including phenoxy) is 2. The van der Waals surface area contributed by atoms with Crippen molar-refractivity contribution in [1.82, 2.24) is 0 Å². The van der Waals surface area contributed by atoms with Crippen LogP contribution in [0.2, 0.25) is 0 Å². The quantitative estimate of drug-likeness (QED) is 0.340. The summed E-state index contributed by atoms with van der Waals surface area (Å²) in [6.07, 6.45) is 1.69. The lowest BCUT2D eigenvalue weighted by molar-refractivity contribution is 0.222. The van der Waals surface area contributed by atoms with Gasteiger partial charge in [-0.15, -0.1) is 5.10 Å². The number of hydrogen-bond acceptors (Lipinski definition) is 5. The summed E-state index contributed by atoms with van der Waals surface area (Å²) in [4.78, 5) is 0. The van der Waals surface area contributed by atoms with E-state index < -0.39 is 0 Å². The number of hydrogen-bond donors (Lipinski definition) is 1. The Morgan fingerprint density at radius 3 is 2.67 bits per heavy atom. The van der Waals surface area contributed by atoms with Crippen molar-refractivity contribution < 1.29 is 9.47 Å². The largest absolute Gasteiger partial charge is 0.490 e. The van der Waals surface area contributed by atoms with Crippen LogP contribution < -0.4 is 15.2 Å². The van der Waals surface area contributed by atoms with Gasteiger partial charge in [-0.05, 0) is 60.0 Å². The first-order valence-corrected chi connectivity index (χ1v) is 10.4. The normalized spacial score (nSPS) is 12.0. The Morgan fingerprint density at radius 1 is 1.26 bits per heavy atom. The van der Waals surface area contributed by atoms with E-state index in [4.69, 9.17) is 15.2 Å². The zero-order valence-electron chi connectivity index (χ0n) is 15.7. The molecule has 2 aromatic carbocycles. The molecule has 2 aromatic rings. The van der Waals surface area contributed by atoms with E-state index in [0.29, 0.717) is 23.3 Å². The number of halogens is 1. The molecule has 0 bridgehead atoms. The summed E-state index contributed by atoms with van der Waals surface area (Å²) in [5.74, 6) is 2.11. The summed E-state index contributed by atoms with van der Waals surface area (Å²) in [6.45, 7) is 6.43. The summed E-state index contributed by atoms with van der Waals surface area (Å²) in [5.41, 5.74) is 7.95. The highest BCUT2D eigenvalue weighted by atomic mass is 79.9. The van der Waals surface area contributed by atoms with E-state index in [2.05, 4.69) is 38.3 Å². The molecule has 0 unspecified atom stereocenters. The molecule has 0 atom stereocenters. The third-order valence-electron chi connectivity index (χ3n) is 3.28. The first-order valence-electron chi connectivity index (χ1n) is 8.65. The highest BCUT2D eigenvalue weighted by molar-refractivity contribution is 9.10. The molecule has 2 N–H and O–H groups in total. The fraction of sp³-hybridized carbons (Fsp3) is 0.300. The third kappa shape index (κ3) is 7.27. The van der Waals surface area contributed by atoms with Gasteiger partial charge in [0.1, 0.15) is 0 Å². The molecule has 0 fully saturated rings. The van der Waals surface area contributed by atoms with Crippen LogP contribution in [0.3, 0.4) is 0 Å². The topological polar surface area (TPSA) is 69.2 Å². The van der Waals surface area contributed by atoms with Gasteiger partial charge in [0.25, 0.3) is 0 Å². The van der Waals surface area contributed by atoms with Gasteiger partial charge in [0.2, 0.25) is 0 Å². The van der Waals surface area contributed by atoms with Gasteiger partial charge in [-0.3, -0.25) is 0 Å². The lowest BCUT2D eigenvalue weighted by Crippen LogP contribution is -2.08. The van der Waals surface area contributed by atoms with Gasteiger partial charge < -0.3 is 15.2 Å². The van der Waals surface area contributed by atoms with Crippen LogP contribution in [-0.2, 0) is 5.75 Å². The molecule has 0 saturated carbocycles. The van der Waals surface area contributed by atoms with Gasteiger partial charge in [-0.2, -0.15) is 5.10 Å². The Morgan fingerprint density at radius 2 is 2.00 bits per heavy atom. The van der Waals surface area contributed by atoms with Crippen molar-refractivity contribution in [2.45, 2.75) is 32.6 Å². The highest BCUT2D eigenvalue weighted by Crippen LogP contribution is 2.37. The van der Waals surface area contributed by atoms with Gasteiger partial charge in [0, 0.05) is 5.75 Å². The highest BCUT2D eigenvalue weighted by Gasteiger charge is 2.13. The fourth-order valence-corrected chi connectivity index (χ4v) is 3.35. The van der Waals surface area contributed by atoms with Crippen LogP contribution in [0, 0.1) is 0 Å². The van der Waals surface area contributed by atoms with E-state index in [0.717, 1.165) is 15.8 Å². The van der Waals surface area contributed by atoms with Gasteiger partial charge in [0.05, 0.1) is 23.4 Å². The Hall–Kier alpha value is -1.99. The molecule has 0 amide bonds. The Kier molecular flexibility index (Phi) is 8.67. The monoisotopic (exact) mass is 449 g/mol. The molecular formula is C20H24BrN3O2S. The molecule has 0 aliphatic rings. The molecule has 0 heterocycles. The Labute approximate surface area is 173 Å². The van der Waals surface area contributed by atoms with Gasteiger partial charge in [0.15, 0.2) is 16.7 Å². The van der Waals surface area contributed by atoms with Crippen molar-refractivity contribution in [2.75, 3.05) is 6.61 Å². The molecule has 7 heteroatoms. The van der Waals surface area contributed by atoms with Crippen LogP contribution in [0.5, 0.6) is 11.5 Å². The van der Waals surface area contributed by atoms with Crippen LogP contribution >= 0.6 is 27.7 Å². The lowest BCUT2D eigenvalue weighted by Gasteiger charge is -2.16. The summed E-state index contributed by atoms with van der Waals surface area (Å²) >= 11 is 4.99. The minimum atomic E-state index is 0.0473. The maximum atomic E-state index is 5.92. The maximum Gasteiger partial charge on any atom is 0.180 e. The standard InChI is InChI=1S/C20H24BrN3O2S/c1-4-25-18-11-16(10-17(21)19(18)26-14(2)3)12-23-24-20(22)27-13-15-8-6-5-7-9-15/h5-12,14H,4,13H2,1-3H3,(H2,22,24). The molecule has 0 saturated heterocycles. The molecule has 0 radical (unpaired) electrons. The maximum absolute atomic E-state index is 5.92. The molecule has 0 spiro atoms. The minimum Gasteiger partial charge on any atom is -0.490 e. The van der Waals surface area contributed by atoms with Crippen LogP contribution in [0.1, 0.15) is 31.9 Å². The predicted molar refractivity (Wildman–Crippen MR) is 118 cm³/mol. The zero-order valence-corrected chi connectivity index (χ0v) is 18.1. The van der Waals surface area contributed by atoms with E-state index in [9.17, 15) is 0 Å². The summed E-state index contributed by atoms with van der Waals surface area (Å²) in [7, 11) is 0. The van der Waals surface area contributed by atoms with Crippen LogP contribution in [-0.4, -0.2) is 24.1 Å². The molecule has 0 aromatic heterocycles. The molecule has 27 heavy (non-hydrogen) atoms. The zero-order chi connectivity index (χ0) is 19.6. The van der Waals surface area contributed by atoms with Crippen LogP contribution in [0.25, 0.3) is 0 Å². The number of thioether (sulfide) groups is 1. The number of rotatable bonds is 8. The molecule has 2 rings (SSSR count). The smallest absolute Gasteiger partial charge is 0.180 e. The predicted octanol–water partition coefficient (Wildman–Crippen LogP) is 5.22. The van der Waals surface area contributed by atoms with Crippen LogP contribution in [0.15, 0.2) is 57.1 Å². The van der Waals surface area contributed by atoms with Crippen molar-refractivity contribution >= 4 is 39.1 Å². The fourth-order valence-electron chi connectivity index (χ4n) is 2.19. The summed E-state index contributed by atoms with van der Waals surface area (Å²) in [6, 6.07) is 13.9. The van der Waals surface area contributed by atoms with Crippen molar-refractivity contribution in [3.8, 4) is 11.5 Å². The third-order valence-corrected chi connectivity index (χ3v) is 4.72. The van der Waals surface area contributed by atoms with Crippen LogP contribution in [0.4, 0.5) is 0 Å². The van der Waals surface area contributed by atoms with E-state index in [1.54, 1.807) is 6.21 Å². The molecular weight excluding hydrogens is 426 g/mol. The molecule has 0 aliphatic heterocycles. The average molecular weight is 450 g/mol. The molecule has 5 nitrogen and oxygen atoms in total. The van der Waals surface area contributed by atoms with E-state index in [1.807, 2.05) is 51.1 Å². The first kappa shape index (κ1) is 21.3. The average Bonchev–Trinajstić information content (AvgIpc) is 2.64. The van der Waals surface area contributed by atoms with E-state index in [1.165, 1.54) is 17.3 Å². The second-order valence-corrected chi connectivity index (χ2v) is 7.74. The number of nitrogens with zero attached hydrogens (tertiary/aromatic N) is 2. The first-order chi connectivity index (χ1) is 13.0. The lowest BCUT2D eigenvalue weighted by atomic mass is 10.2. The van der Waals surface area contributed by atoms with Gasteiger partial charge in [-0.1, -0.05) is 42.1 Å². The summed E-state index contributed by atoms with van der Waals surface area (Å²) in [5, 5.41) is 8.55. The number of benzene rings is 2. The Bertz CT molecular complexity index is 795. The van der Waals surface area contributed by atoms with Crippen molar-refractivity contribution in [3.63, 3.8) is 0 Å². The number of nitrogens with two attached hydrogens (primary N) is 1. The molecule has 0 aliphatic carbocycles. The Balaban J connectivity index is 2.06. The van der Waals surface area contributed by atoms with Gasteiger partial charge >= 0.3 is 0 Å². The van der Waals surface area contributed by atoms with E-state index in [-0.39, 0.29) is 6.10 Å². The van der Waals surface area contributed by atoms with Crippen molar-refractivity contribution in [2.24, 2.45) is 15.9 Å². The van der Waals surface area contributed by atoms with Gasteiger partial charge in [-0.25, -0.2) is 0 Å². The minimum absolute atomic E-state index is 0.0473.